The normalized spacial score (nSPS) is 15.3. The summed E-state index contributed by atoms with van der Waals surface area (Å²) in [5.74, 6) is -0.640. The van der Waals surface area contributed by atoms with Crippen molar-refractivity contribution < 1.29 is 9.59 Å². The lowest BCUT2D eigenvalue weighted by atomic mass is 10.1. The number of rotatable bonds is 4. The van der Waals surface area contributed by atoms with Crippen molar-refractivity contribution >= 4 is 11.8 Å². The molecule has 1 aromatic carbocycles. The van der Waals surface area contributed by atoms with Crippen LogP contribution in [0.3, 0.4) is 0 Å². The summed E-state index contributed by atoms with van der Waals surface area (Å²) in [5, 5.41) is 2.64. The van der Waals surface area contributed by atoms with E-state index in [0.29, 0.717) is 5.69 Å². The molecule has 2 aromatic rings. The summed E-state index contributed by atoms with van der Waals surface area (Å²) >= 11 is 0. The monoisotopic (exact) mass is 353 g/mol. The molecule has 6 nitrogen and oxygen atoms in total. The van der Waals surface area contributed by atoms with Crippen molar-refractivity contribution in [3.63, 3.8) is 0 Å². The smallest absolute Gasteiger partial charge is 0.261 e. The third-order valence-corrected chi connectivity index (χ3v) is 4.62. The molecule has 1 aromatic heterocycles. The van der Waals surface area contributed by atoms with Crippen LogP contribution < -0.4 is 10.9 Å². The van der Waals surface area contributed by atoms with E-state index in [9.17, 15) is 14.4 Å². The first-order valence-corrected chi connectivity index (χ1v) is 8.94. The molecule has 2 amide bonds. The number of carbonyl (C=O) groups is 2. The minimum absolute atomic E-state index is 0.00275. The summed E-state index contributed by atoms with van der Waals surface area (Å²) in [6.07, 6.45) is 3.12. The van der Waals surface area contributed by atoms with E-state index in [0.717, 1.165) is 37.9 Å². The van der Waals surface area contributed by atoms with Crippen LogP contribution in [0.2, 0.25) is 0 Å². The Labute approximate surface area is 152 Å². The van der Waals surface area contributed by atoms with Gasteiger partial charge in [-0.3, -0.25) is 14.4 Å². The third-order valence-electron chi connectivity index (χ3n) is 4.62. The number of benzene rings is 1. The van der Waals surface area contributed by atoms with Gasteiger partial charge in [0, 0.05) is 18.8 Å². The number of likely N-dealkylation sites (tertiary alicyclic amines) is 1. The molecule has 3 rings (SSSR count). The van der Waals surface area contributed by atoms with Gasteiger partial charge in [-0.05, 0) is 43.9 Å². The highest BCUT2D eigenvalue weighted by atomic mass is 16.2. The predicted molar refractivity (Wildman–Crippen MR) is 99.9 cm³/mol. The average molecular weight is 353 g/mol. The van der Waals surface area contributed by atoms with Crippen molar-refractivity contribution in [2.24, 2.45) is 0 Å². The van der Waals surface area contributed by atoms with Crippen LogP contribution in [0.25, 0.3) is 11.3 Å². The average Bonchev–Trinajstić information content (AvgIpc) is 2.68. The zero-order valence-corrected chi connectivity index (χ0v) is 14.8. The van der Waals surface area contributed by atoms with Gasteiger partial charge in [-0.15, -0.1) is 0 Å². The lowest BCUT2D eigenvalue weighted by Gasteiger charge is -2.29. The van der Waals surface area contributed by atoms with Crippen molar-refractivity contribution in [2.45, 2.75) is 32.2 Å². The van der Waals surface area contributed by atoms with Crippen LogP contribution in [0, 0.1) is 0 Å². The number of piperidine rings is 1. The van der Waals surface area contributed by atoms with Gasteiger partial charge in [0.25, 0.3) is 11.5 Å². The maximum atomic E-state index is 12.4. The largest absolute Gasteiger partial charge is 0.341 e. The zero-order chi connectivity index (χ0) is 18.5. The second kappa shape index (κ2) is 7.99. The zero-order valence-electron chi connectivity index (χ0n) is 14.8. The summed E-state index contributed by atoms with van der Waals surface area (Å²) in [7, 11) is 0. The molecule has 1 atom stereocenters. The number of carbonyl (C=O) groups excluding carboxylic acids is 2. The Morgan fingerprint density at radius 1 is 1.04 bits per heavy atom. The van der Waals surface area contributed by atoms with E-state index in [4.69, 9.17) is 0 Å². The van der Waals surface area contributed by atoms with Gasteiger partial charge in [0.1, 0.15) is 11.6 Å². The fraction of sp³-hybridized carbons (Fsp3) is 0.350. The molecule has 0 bridgehead atoms. The molecule has 1 saturated heterocycles. The number of nitrogens with zero attached hydrogens (tertiary/aromatic N) is 1. The van der Waals surface area contributed by atoms with Crippen LogP contribution in [0.15, 0.2) is 47.3 Å². The number of amides is 2. The highest BCUT2D eigenvalue weighted by Crippen LogP contribution is 2.15. The summed E-state index contributed by atoms with van der Waals surface area (Å²) in [6, 6.07) is 11.9. The summed E-state index contributed by atoms with van der Waals surface area (Å²) in [5.41, 5.74) is 1.04. The Morgan fingerprint density at radius 2 is 1.73 bits per heavy atom. The Balaban J connectivity index is 1.69. The van der Waals surface area contributed by atoms with E-state index in [1.165, 1.54) is 6.07 Å². The molecule has 1 fully saturated rings. The second-order valence-corrected chi connectivity index (χ2v) is 6.56. The molecule has 0 unspecified atom stereocenters. The molecule has 0 aliphatic carbocycles. The fourth-order valence-corrected chi connectivity index (χ4v) is 3.16. The Morgan fingerprint density at radius 3 is 2.38 bits per heavy atom. The molecule has 2 N–H and O–H groups in total. The molecule has 0 saturated carbocycles. The van der Waals surface area contributed by atoms with Crippen LogP contribution in [-0.4, -0.2) is 40.8 Å². The lowest BCUT2D eigenvalue weighted by Crippen LogP contribution is -2.49. The molecule has 0 radical (unpaired) electrons. The van der Waals surface area contributed by atoms with Gasteiger partial charge in [-0.2, -0.15) is 0 Å². The number of nitrogens with one attached hydrogen (secondary N) is 2. The number of hydrogen-bond acceptors (Lipinski definition) is 3. The predicted octanol–water partition coefficient (Wildman–Crippen LogP) is 2.17. The van der Waals surface area contributed by atoms with Gasteiger partial charge in [0.15, 0.2) is 0 Å². The molecule has 6 heteroatoms. The van der Waals surface area contributed by atoms with Crippen LogP contribution in [0.5, 0.6) is 0 Å². The molecular weight excluding hydrogens is 330 g/mol. The van der Waals surface area contributed by atoms with E-state index >= 15 is 0 Å². The summed E-state index contributed by atoms with van der Waals surface area (Å²) in [4.78, 5) is 41.6. The SMILES string of the molecule is C[C@H](NC(=O)c1ccc(-c2ccccc2)[nH]c1=O)C(=O)N1CCCCC1. The Hall–Kier alpha value is -2.89. The molecule has 1 aliphatic heterocycles. The Bertz CT molecular complexity index is 839. The van der Waals surface area contributed by atoms with Crippen molar-refractivity contribution in [3.8, 4) is 11.3 Å². The van der Waals surface area contributed by atoms with Gasteiger partial charge in [0.05, 0.1) is 0 Å². The van der Waals surface area contributed by atoms with E-state index in [-0.39, 0.29) is 11.5 Å². The first kappa shape index (κ1) is 17.9. The Kier molecular flexibility index (Phi) is 5.51. The van der Waals surface area contributed by atoms with Crippen LogP contribution in [0.1, 0.15) is 36.5 Å². The van der Waals surface area contributed by atoms with Crippen molar-refractivity contribution in [2.75, 3.05) is 13.1 Å². The fourth-order valence-electron chi connectivity index (χ4n) is 3.16. The number of aromatic nitrogens is 1. The standard InChI is InChI=1S/C20H23N3O3/c1-14(20(26)23-12-6-3-7-13-23)21-18(24)16-10-11-17(22-19(16)25)15-8-4-2-5-9-15/h2,4-5,8-11,14H,3,6-7,12-13H2,1H3,(H,21,24)(H,22,25)/t14-/m0/s1. The number of pyridine rings is 1. The lowest BCUT2D eigenvalue weighted by molar-refractivity contribution is -0.133. The van der Waals surface area contributed by atoms with E-state index in [1.807, 2.05) is 30.3 Å². The van der Waals surface area contributed by atoms with Crippen LogP contribution >= 0.6 is 0 Å². The molecular formula is C20H23N3O3. The van der Waals surface area contributed by atoms with Crippen molar-refractivity contribution in [1.82, 2.24) is 15.2 Å². The second-order valence-electron chi connectivity index (χ2n) is 6.56. The van der Waals surface area contributed by atoms with Crippen LogP contribution in [-0.2, 0) is 4.79 Å². The highest BCUT2D eigenvalue weighted by molar-refractivity contribution is 5.97. The maximum absolute atomic E-state index is 12.4. The molecule has 0 spiro atoms. The summed E-state index contributed by atoms with van der Waals surface area (Å²) in [6.45, 7) is 3.11. The molecule has 26 heavy (non-hydrogen) atoms. The molecule has 2 heterocycles. The first-order valence-electron chi connectivity index (χ1n) is 8.94. The maximum Gasteiger partial charge on any atom is 0.261 e. The summed E-state index contributed by atoms with van der Waals surface area (Å²) < 4.78 is 0. The highest BCUT2D eigenvalue weighted by Gasteiger charge is 2.24. The molecule has 1 aliphatic rings. The van der Waals surface area contributed by atoms with E-state index in [2.05, 4.69) is 10.3 Å². The van der Waals surface area contributed by atoms with Crippen molar-refractivity contribution in [1.29, 1.82) is 0 Å². The van der Waals surface area contributed by atoms with Gasteiger partial charge < -0.3 is 15.2 Å². The first-order chi connectivity index (χ1) is 12.6. The molecule has 136 valence electrons. The van der Waals surface area contributed by atoms with Gasteiger partial charge in [-0.1, -0.05) is 30.3 Å². The van der Waals surface area contributed by atoms with E-state index < -0.39 is 17.5 Å². The number of hydrogen-bond donors (Lipinski definition) is 2. The van der Waals surface area contributed by atoms with Gasteiger partial charge in [0.2, 0.25) is 5.91 Å². The van der Waals surface area contributed by atoms with E-state index in [1.54, 1.807) is 17.9 Å². The van der Waals surface area contributed by atoms with Crippen LogP contribution in [0.4, 0.5) is 0 Å². The van der Waals surface area contributed by atoms with Gasteiger partial charge >= 0.3 is 0 Å². The quantitative estimate of drug-likeness (QED) is 0.884. The third kappa shape index (κ3) is 4.02. The number of aromatic amines is 1. The van der Waals surface area contributed by atoms with Crippen molar-refractivity contribution in [3.05, 3.63) is 58.4 Å². The number of H-pyrrole nitrogens is 1. The minimum Gasteiger partial charge on any atom is -0.341 e. The van der Waals surface area contributed by atoms with Gasteiger partial charge in [-0.25, -0.2) is 0 Å². The minimum atomic E-state index is -0.659. The topological polar surface area (TPSA) is 82.3 Å².